The summed E-state index contributed by atoms with van der Waals surface area (Å²) in [7, 11) is 0. The Morgan fingerprint density at radius 1 is 1.07 bits per heavy atom. The number of nitrogens with zero attached hydrogens (tertiary/aromatic N) is 5. The maximum atomic E-state index is 11.0. The number of rotatable bonds is 4. The van der Waals surface area contributed by atoms with Gasteiger partial charge in [0.25, 0.3) is 5.69 Å². The van der Waals surface area contributed by atoms with Crippen molar-refractivity contribution < 1.29 is 9.66 Å². The van der Waals surface area contributed by atoms with Crippen LogP contribution in [0.2, 0.25) is 0 Å². The summed E-state index contributed by atoms with van der Waals surface area (Å²) in [5, 5.41) is 11.0. The fourth-order valence-electron chi connectivity index (χ4n) is 3.62. The number of nitro groups is 1. The van der Waals surface area contributed by atoms with E-state index in [1.54, 1.807) is 12.1 Å². The molecule has 0 spiro atoms. The third-order valence-corrected chi connectivity index (χ3v) is 5.00. The summed E-state index contributed by atoms with van der Waals surface area (Å²) >= 11 is 0. The lowest BCUT2D eigenvalue weighted by Crippen LogP contribution is -2.16. The van der Waals surface area contributed by atoms with Crippen molar-refractivity contribution in [2.45, 2.75) is 25.5 Å². The summed E-state index contributed by atoms with van der Waals surface area (Å²) in [5.74, 6) is 0.690. The average molecular weight is 375 g/mol. The van der Waals surface area contributed by atoms with Crippen molar-refractivity contribution in [3.05, 3.63) is 58.6 Å². The maximum Gasteiger partial charge on any atom is 0.269 e. The van der Waals surface area contributed by atoms with E-state index in [1.165, 1.54) is 12.1 Å². The monoisotopic (exact) mass is 375 g/mol. The van der Waals surface area contributed by atoms with E-state index in [9.17, 15) is 10.1 Å². The summed E-state index contributed by atoms with van der Waals surface area (Å²) in [5.41, 5.74) is 3.68. The Hall–Kier alpha value is -3.39. The summed E-state index contributed by atoms with van der Waals surface area (Å²) in [6.07, 6.45) is 2.13. The van der Waals surface area contributed by atoms with Crippen LogP contribution in [-0.4, -0.2) is 37.2 Å². The molecule has 140 valence electrons. The Labute approximate surface area is 160 Å². The summed E-state index contributed by atoms with van der Waals surface area (Å²) in [6.45, 7) is 1.38. The first kappa shape index (κ1) is 16.8. The van der Waals surface area contributed by atoms with Gasteiger partial charge in [0.05, 0.1) is 28.6 Å². The minimum Gasteiger partial charge on any atom is -0.376 e. The second-order valence-corrected chi connectivity index (χ2v) is 6.84. The van der Waals surface area contributed by atoms with E-state index < -0.39 is 4.92 Å². The lowest BCUT2D eigenvalue weighted by Gasteiger charge is -2.13. The first-order valence-electron chi connectivity index (χ1n) is 9.18. The highest BCUT2D eigenvalue weighted by molar-refractivity contribution is 5.84. The minimum atomic E-state index is -0.408. The molecule has 8 heteroatoms. The van der Waals surface area contributed by atoms with Gasteiger partial charge in [-0.15, -0.1) is 0 Å². The Balaban J connectivity index is 1.69. The van der Waals surface area contributed by atoms with Crippen LogP contribution in [0.3, 0.4) is 0 Å². The van der Waals surface area contributed by atoms with E-state index in [1.807, 2.05) is 28.8 Å². The van der Waals surface area contributed by atoms with Gasteiger partial charge in [0.2, 0.25) is 0 Å². The molecule has 1 atom stereocenters. The van der Waals surface area contributed by atoms with Crippen molar-refractivity contribution in [2.24, 2.45) is 0 Å². The lowest BCUT2D eigenvalue weighted by molar-refractivity contribution is -0.384. The predicted octanol–water partition coefficient (Wildman–Crippen LogP) is 3.73. The van der Waals surface area contributed by atoms with E-state index in [2.05, 4.69) is 4.98 Å². The molecule has 1 unspecified atom stereocenters. The maximum absolute atomic E-state index is 11.0. The van der Waals surface area contributed by atoms with Crippen molar-refractivity contribution in [1.82, 2.24) is 19.5 Å². The summed E-state index contributed by atoms with van der Waals surface area (Å²) in [6, 6.07) is 14.1. The molecule has 0 aliphatic carbocycles. The highest BCUT2D eigenvalue weighted by Crippen LogP contribution is 2.28. The second kappa shape index (κ2) is 6.65. The fourth-order valence-corrected chi connectivity index (χ4v) is 3.62. The number of benzene rings is 2. The van der Waals surface area contributed by atoms with Crippen LogP contribution < -0.4 is 0 Å². The van der Waals surface area contributed by atoms with Crippen molar-refractivity contribution in [3.8, 4) is 11.4 Å². The molecule has 0 bridgehead atoms. The molecule has 1 aliphatic heterocycles. The van der Waals surface area contributed by atoms with Crippen LogP contribution in [0.15, 0.2) is 48.5 Å². The van der Waals surface area contributed by atoms with E-state index in [-0.39, 0.29) is 11.8 Å². The smallest absolute Gasteiger partial charge is 0.269 e. The van der Waals surface area contributed by atoms with Gasteiger partial charge in [-0.2, -0.15) is 0 Å². The van der Waals surface area contributed by atoms with Gasteiger partial charge in [0.15, 0.2) is 11.3 Å². The van der Waals surface area contributed by atoms with Crippen molar-refractivity contribution in [3.63, 3.8) is 0 Å². The molecule has 0 saturated carbocycles. The first-order valence-corrected chi connectivity index (χ1v) is 9.18. The molecule has 8 nitrogen and oxygen atoms in total. The number of para-hydroxylation sites is 2. The Bertz CT molecular complexity index is 1180. The molecule has 1 saturated heterocycles. The van der Waals surface area contributed by atoms with Crippen LogP contribution in [0.1, 0.15) is 12.8 Å². The molecule has 3 heterocycles. The molecule has 4 aromatic rings. The number of ether oxygens (including phenoxy) is 1. The normalized spacial score (nSPS) is 16.8. The highest BCUT2D eigenvalue weighted by atomic mass is 16.6. The SMILES string of the molecule is O=[N+]([O-])c1ccc(-c2nc3nc4ccccc4nc3n2CC2CCCO2)cc1. The van der Waals surface area contributed by atoms with Gasteiger partial charge in [0.1, 0.15) is 5.82 Å². The van der Waals surface area contributed by atoms with Gasteiger partial charge in [-0.3, -0.25) is 10.1 Å². The molecule has 0 amide bonds. The van der Waals surface area contributed by atoms with Crippen LogP contribution in [0, 0.1) is 10.1 Å². The average Bonchev–Trinajstić information content (AvgIpc) is 3.35. The third kappa shape index (κ3) is 2.87. The Morgan fingerprint density at radius 2 is 1.82 bits per heavy atom. The lowest BCUT2D eigenvalue weighted by atomic mass is 10.2. The van der Waals surface area contributed by atoms with Gasteiger partial charge >= 0.3 is 0 Å². The Morgan fingerprint density at radius 3 is 2.50 bits per heavy atom. The largest absolute Gasteiger partial charge is 0.376 e. The molecule has 28 heavy (non-hydrogen) atoms. The third-order valence-electron chi connectivity index (χ3n) is 5.00. The van der Waals surface area contributed by atoms with E-state index >= 15 is 0 Å². The van der Waals surface area contributed by atoms with E-state index in [0.717, 1.165) is 36.0 Å². The zero-order chi connectivity index (χ0) is 19.1. The first-order chi connectivity index (χ1) is 13.7. The number of hydrogen-bond acceptors (Lipinski definition) is 6. The van der Waals surface area contributed by atoms with Gasteiger partial charge in [-0.25, -0.2) is 15.0 Å². The van der Waals surface area contributed by atoms with Crippen LogP contribution in [0.25, 0.3) is 33.7 Å². The standard InChI is InChI=1S/C20H17N5O3/c26-25(27)14-9-7-13(8-10-14)19-23-18-20(24(19)12-15-4-3-11-28-15)22-17-6-2-1-5-16(17)21-18/h1-2,5-10,15H,3-4,11-12H2. The second-order valence-electron chi connectivity index (χ2n) is 6.84. The summed E-state index contributed by atoms with van der Waals surface area (Å²) < 4.78 is 7.84. The topological polar surface area (TPSA) is 96.0 Å². The number of aromatic nitrogens is 4. The quantitative estimate of drug-likeness (QED) is 0.398. The number of fused-ring (bicyclic) bond motifs is 2. The molecular formula is C20H17N5O3. The zero-order valence-electron chi connectivity index (χ0n) is 15.0. The summed E-state index contributed by atoms with van der Waals surface area (Å²) in [4.78, 5) is 24.7. The number of imidazole rings is 1. The van der Waals surface area contributed by atoms with Crippen molar-refractivity contribution in [2.75, 3.05) is 6.61 Å². The van der Waals surface area contributed by atoms with Crippen LogP contribution in [-0.2, 0) is 11.3 Å². The van der Waals surface area contributed by atoms with Crippen LogP contribution in [0.4, 0.5) is 5.69 Å². The van der Waals surface area contributed by atoms with Crippen LogP contribution in [0.5, 0.6) is 0 Å². The van der Waals surface area contributed by atoms with Crippen molar-refractivity contribution in [1.29, 1.82) is 0 Å². The van der Waals surface area contributed by atoms with Gasteiger partial charge in [-0.05, 0) is 37.1 Å². The molecule has 5 rings (SSSR count). The van der Waals surface area contributed by atoms with Crippen LogP contribution >= 0.6 is 0 Å². The Kier molecular flexibility index (Phi) is 3.98. The fraction of sp³-hybridized carbons (Fsp3) is 0.250. The molecule has 1 aliphatic rings. The molecule has 2 aromatic heterocycles. The molecule has 0 radical (unpaired) electrons. The van der Waals surface area contributed by atoms with Gasteiger partial charge in [0, 0.05) is 24.3 Å². The highest BCUT2D eigenvalue weighted by Gasteiger charge is 2.22. The number of non-ortho nitro benzene ring substituents is 1. The molecular weight excluding hydrogens is 358 g/mol. The van der Waals surface area contributed by atoms with Gasteiger partial charge in [-0.1, -0.05) is 12.1 Å². The predicted molar refractivity (Wildman–Crippen MR) is 104 cm³/mol. The van der Waals surface area contributed by atoms with E-state index in [0.29, 0.717) is 23.7 Å². The molecule has 2 aromatic carbocycles. The number of nitro benzene ring substituents is 1. The van der Waals surface area contributed by atoms with E-state index in [4.69, 9.17) is 14.7 Å². The zero-order valence-corrected chi connectivity index (χ0v) is 15.0. The number of hydrogen-bond donors (Lipinski definition) is 0. The molecule has 1 fully saturated rings. The van der Waals surface area contributed by atoms with Crippen molar-refractivity contribution >= 4 is 28.0 Å². The van der Waals surface area contributed by atoms with Gasteiger partial charge < -0.3 is 9.30 Å². The minimum absolute atomic E-state index is 0.0486. The molecule has 0 N–H and O–H groups in total.